The lowest BCUT2D eigenvalue weighted by molar-refractivity contribution is -0.384. The fourth-order valence-corrected chi connectivity index (χ4v) is 4.55. The summed E-state index contributed by atoms with van der Waals surface area (Å²) in [5.74, 6) is 0.0964. The van der Waals surface area contributed by atoms with Crippen molar-refractivity contribution in [2.75, 3.05) is 23.7 Å². The lowest BCUT2D eigenvalue weighted by Gasteiger charge is -2.29. The van der Waals surface area contributed by atoms with Crippen molar-refractivity contribution in [2.45, 2.75) is 51.1 Å². The van der Waals surface area contributed by atoms with E-state index in [9.17, 15) is 23.3 Å². The molecule has 0 radical (unpaired) electrons. The van der Waals surface area contributed by atoms with Gasteiger partial charge in [0.2, 0.25) is 11.8 Å². The second-order valence-electron chi connectivity index (χ2n) is 9.36. The highest BCUT2D eigenvalue weighted by molar-refractivity contribution is 5.57. The number of aromatic nitrogens is 3. The van der Waals surface area contributed by atoms with Gasteiger partial charge in [0.15, 0.2) is 0 Å². The predicted octanol–water partition coefficient (Wildman–Crippen LogP) is 5.09. The normalized spacial score (nSPS) is 17.4. The van der Waals surface area contributed by atoms with Crippen LogP contribution >= 0.6 is 0 Å². The van der Waals surface area contributed by atoms with Gasteiger partial charge in [-0.2, -0.15) is 4.98 Å². The number of hydrogen-bond acceptors (Lipinski definition) is 9. The van der Waals surface area contributed by atoms with Gasteiger partial charge in [0.1, 0.15) is 11.9 Å². The first-order valence-electron chi connectivity index (χ1n) is 12.7. The quantitative estimate of drug-likeness (QED) is 0.211. The van der Waals surface area contributed by atoms with E-state index in [-0.39, 0.29) is 35.3 Å². The number of pyridine rings is 1. The third-order valence-corrected chi connectivity index (χ3v) is 6.58. The van der Waals surface area contributed by atoms with E-state index in [4.69, 9.17) is 0 Å². The Balaban J connectivity index is 1.28. The van der Waals surface area contributed by atoms with Crippen LogP contribution in [-0.4, -0.2) is 45.4 Å². The molecule has 3 aromatic rings. The van der Waals surface area contributed by atoms with Crippen molar-refractivity contribution >= 4 is 17.5 Å². The molecular weight excluding hydrogens is 515 g/mol. The molecule has 0 amide bonds. The summed E-state index contributed by atoms with van der Waals surface area (Å²) in [5.41, 5.74) is 1.16. The molecule has 4 rings (SSSR count). The van der Waals surface area contributed by atoms with Crippen LogP contribution in [0, 0.1) is 16.0 Å². The minimum absolute atomic E-state index is 0.0476. The van der Waals surface area contributed by atoms with Gasteiger partial charge in [0, 0.05) is 37.1 Å². The molecule has 10 nitrogen and oxygen atoms in total. The van der Waals surface area contributed by atoms with Crippen molar-refractivity contribution in [2.24, 2.45) is 5.92 Å². The fourth-order valence-electron chi connectivity index (χ4n) is 4.55. The summed E-state index contributed by atoms with van der Waals surface area (Å²) in [6.07, 6.45) is 4.77. The van der Waals surface area contributed by atoms with Crippen molar-refractivity contribution < 1.29 is 22.8 Å². The summed E-state index contributed by atoms with van der Waals surface area (Å²) in [6.45, 7) is 1.33. The molecule has 0 spiro atoms. The Bertz CT molecular complexity index is 1220. The van der Waals surface area contributed by atoms with Crippen LogP contribution in [0.25, 0.3) is 0 Å². The minimum atomic E-state index is -4.83. The highest BCUT2D eigenvalue weighted by Crippen LogP contribution is 2.29. The number of alkyl halides is 3. The number of anilines is 2. The molecule has 1 aliphatic carbocycles. The largest absolute Gasteiger partial charge is 0.573 e. The van der Waals surface area contributed by atoms with Gasteiger partial charge in [-0.05, 0) is 62.3 Å². The third kappa shape index (κ3) is 8.77. The molecule has 3 N–H and O–H groups in total. The monoisotopic (exact) mass is 545 g/mol. The molecule has 39 heavy (non-hydrogen) atoms. The Morgan fingerprint density at radius 2 is 1.85 bits per heavy atom. The maximum Gasteiger partial charge on any atom is 0.573 e. The van der Waals surface area contributed by atoms with Gasteiger partial charge in [-0.15, -0.1) is 13.2 Å². The Kier molecular flexibility index (Phi) is 9.47. The number of benzene rings is 1. The van der Waals surface area contributed by atoms with Crippen LogP contribution in [0.4, 0.5) is 30.6 Å². The van der Waals surface area contributed by atoms with Gasteiger partial charge in [0.05, 0.1) is 4.92 Å². The summed E-state index contributed by atoms with van der Waals surface area (Å²) in [5, 5.41) is 21.0. The Hall–Kier alpha value is -4.00. The molecule has 0 atom stereocenters. The van der Waals surface area contributed by atoms with Crippen LogP contribution in [-0.2, 0) is 13.0 Å². The number of ether oxygens (including phenoxy) is 1. The van der Waals surface area contributed by atoms with Crippen molar-refractivity contribution in [1.29, 1.82) is 0 Å². The van der Waals surface area contributed by atoms with Crippen molar-refractivity contribution in [3.05, 3.63) is 76.2 Å². The maximum atomic E-state index is 12.7. The van der Waals surface area contributed by atoms with Crippen LogP contribution in [0.1, 0.15) is 36.8 Å². The van der Waals surface area contributed by atoms with E-state index in [0.29, 0.717) is 18.5 Å². The average molecular weight is 546 g/mol. The number of rotatable bonds is 12. The maximum absolute atomic E-state index is 12.7. The minimum Gasteiger partial charge on any atom is -0.405 e. The molecule has 2 aromatic heterocycles. The number of halogens is 3. The van der Waals surface area contributed by atoms with Crippen molar-refractivity contribution in [1.82, 2.24) is 20.3 Å². The lowest BCUT2D eigenvalue weighted by Crippen LogP contribution is -2.35. The molecular formula is C26H30F3N7O3. The smallest absolute Gasteiger partial charge is 0.405 e. The molecule has 1 aliphatic rings. The zero-order chi connectivity index (χ0) is 27.7. The van der Waals surface area contributed by atoms with Gasteiger partial charge >= 0.3 is 12.0 Å². The summed E-state index contributed by atoms with van der Waals surface area (Å²) >= 11 is 0. The number of hydrogen-bond donors (Lipinski definition) is 3. The van der Waals surface area contributed by atoms with Crippen LogP contribution < -0.4 is 20.7 Å². The standard InChI is InChI=1S/C26H30F3N7O3/c27-26(28,29)39-23-6-2-1-5-20(23)16-33-25-34-17-22(36(37)38)24(35-25)32-15-19-7-9-21(10-8-19)31-13-11-18-4-3-12-30-14-18/h1-6,12,14,17,19,21,31H,7-11,13,15-16H2,(H2,32,33,34,35). The first-order valence-corrected chi connectivity index (χ1v) is 12.7. The van der Waals surface area contributed by atoms with Gasteiger partial charge < -0.3 is 20.7 Å². The van der Waals surface area contributed by atoms with Crippen LogP contribution in [0.5, 0.6) is 5.75 Å². The van der Waals surface area contributed by atoms with E-state index in [1.54, 1.807) is 12.3 Å². The Morgan fingerprint density at radius 3 is 2.56 bits per heavy atom. The van der Waals surface area contributed by atoms with Gasteiger partial charge in [-0.1, -0.05) is 24.3 Å². The molecule has 1 fully saturated rings. The summed E-state index contributed by atoms with van der Waals surface area (Å²) in [4.78, 5) is 23.3. The Morgan fingerprint density at radius 1 is 1.05 bits per heavy atom. The van der Waals surface area contributed by atoms with Gasteiger partial charge in [0.25, 0.3) is 0 Å². The molecule has 208 valence electrons. The molecule has 1 saturated carbocycles. The number of nitro groups is 1. The topological polar surface area (TPSA) is 127 Å². The molecule has 0 aliphatic heterocycles. The molecule has 0 unspecified atom stereocenters. The summed E-state index contributed by atoms with van der Waals surface area (Å²) in [7, 11) is 0. The second kappa shape index (κ2) is 13.2. The van der Waals surface area contributed by atoms with E-state index in [1.807, 2.05) is 12.3 Å². The molecule has 1 aromatic carbocycles. The summed E-state index contributed by atoms with van der Waals surface area (Å²) < 4.78 is 42.1. The van der Waals surface area contributed by atoms with E-state index in [1.165, 1.54) is 23.8 Å². The van der Waals surface area contributed by atoms with Crippen LogP contribution in [0.3, 0.4) is 0 Å². The summed E-state index contributed by atoms with van der Waals surface area (Å²) in [6, 6.07) is 10.1. The third-order valence-electron chi connectivity index (χ3n) is 6.58. The highest BCUT2D eigenvalue weighted by Gasteiger charge is 2.32. The SMILES string of the molecule is O=[N+]([O-])c1cnc(NCc2ccccc2OC(F)(F)F)nc1NCC1CCC(NCCc2cccnc2)CC1. The van der Waals surface area contributed by atoms with E-state index in [0.717, 1.165) is 44.8 Å². The van der Waals surface area contributed by atoms with Gasteiger partial charge in [-0.3, -0.25) is 15.1 Å². The lowest BCUT2D eigenvalue weighted by atomic mass is 9.86. The zero-order valence-corrected chi connectivity index (χ0v) is 21.2. The van der Waals surface area contributed by atoms with Crippen molar-refractivity contribution in [3.63, 3.8) is 0 Å². The second-order valence-corrected chi connectivity index (χ2v) is 9.36. The molecule has 2 heterocycles. The van der Waals surface area contributed by atoms with Gasteiger partial charge in [-0.25, -0.2) is 4.98 Å². The van der Waals surface area contributed by atoms with E-state index < -0.39 is 11.3 Å². The van der Waals surface area contributed by atoms with Crippen molar-refractivity contribution in [3.8, 4) is 5.75 Å². The molecule has 13 heteroatoms. The molecule has 0 bridgehead atoms. The first-order chi connectivity index (χ1) is 18.8. The first kappa shape index (κ1) is 28.0. The predicted molar refractivity (Wildman–Crippen MR) is 139 cm³/mol. The Labute approximate surface area is 223 Å². The number of nitrogens with zero attached hydrogens (tertiary/aromatic N) is 4. The highest BCUT2D eigenvalue weighted by atomic mass is 19.4. The zero-order valence-electron chi connectivity index (χ0n) is 21.2. The number of para-hydroxylation sites is 1. The molecule has 0 saturated heterocycles. The van der Waals surface area contributed by atoms with Crippen LogP contribution in [0.15, 0.2) is 55.0 Å². The fraction of sp³-hybridized carbons (Fsp3) is 0.423. The van der Waals surface area contributed by atoms with E-state index >= 15 is 0 Å². The van der Waals surface area contributed by atoms with Crippen LogP contribution in [0.2, 0.25) is 0 Å². The number of nitrogens with one attached hydrogen (secondary N) is 3. The average Bonchev–Trinajstić information content (AvgIpc) is 2.92. The van der Waals surface area contributed by atoms with E-state index in [2.05, 4.69) is 41.7 Å².